The summed E-state index contributed by atoms with van der Waals surface area (Å²) in [5.41, 5.74) is 2.01. The van der Waals surface area contributed by atoms with Gasteiger partial charge in [0.15, 0.2) is 0 Å². The maximum absolute atomic E-state index is 12.8. The van der Waals surface area contributed by atoms with Gasteiger partial charge in [0.05, 0.1) is 4.88 Å². The number of benzene rings is 2. The van der Waals surface area contributed by atoms with E-state index in [4.69, 9.17) is 0 Å². The van der Waals surface area contributed by atoms with Crippen LogP contribution in [0, 0.1) is 0 Å². The number of nitrogens with zero attached hydrogens (tertiary/aromatic N) is 1. The summed E-state index contributed by atoms with van der Waals surface area (Å²) in [6, 6.07) is 20.0. The average Bonchev–Trinajstić information content (AvgIpc) is 3.22. The highest BCUT2D eigenvalue weighted by Crippen LogP contribution is 2.19. The summed E-state index contributed by atoms with van der Waals surface area (Å²) >= 11 is 1.38. The molecule has 0 aliphatic rings. The van der Waals surface area contributed by atoms with E-state index in [-0.39, 0.29) is 11.8 Å². The molecule has 1 heterocycles. The van der Waals surface area contributed by atoms with Crippen LogP contribution in [0.5, 0.6) is 0 Å². The number of hydrogen-bond donors (Lipinski definition) is 1. The number of amides is 2. The van der Waals surface area contributed by atoms with Crippen molar-refractivity contribution in [2.45, 2.75) is 0 Å². The van der Waals surface area contributed by atoms with Gasteiger partial charge in [-0.2, -0.15) is 0 Å². The molecule has 5 heteroatoms. The van der Waals surface area contributed by atoms with Crippen LogP contribution in [-0.2, 0) is 0 Å². The van der Waals surface area contributed by atoms with Gasteiger partial charge < -0.3 is 10.2 Å². The molecule has 0 saturated heterocycles. The summed E-state index contributed by atoms with van der Waals surface area (Å²) in [6.07, 6.45) is 1.69. The molecule has 0 saturated carbocycles. The van der Waals surface area contributed by atoms with Crippen molar-refractivity contribution in [2.75, 3.05) is 16.8 Å². The number of hydrogen-bond acceptors (Lipinski definition) is 3. The zero-order chi connectivity index (χ0) is 18.4. The first kappa shape index (κ1) is 17.6. The third kappa shape index (κ3) is 4.07. The molecule has 0 unspecified atom stereocenters. The Morgan fingerprint density at radius 1 is 1.00 bits per heavy atom. The standard InChI is InChI=1S/C21H18N2O2S/c1-2-14-23(18-7-4-3-5-8-18)21(25)16-10-12-17(13-11-16)22-20(24)19-9-6-15-26-19/h2-13,15H,1,14H2,(H,22,24). The van der Waals surface area contributed by atoms with Gasteiger partial charge in [0, 0.05) is 23.5 Å². The van der Waals surface area contributed by atoms with Crippen LogP contribution in [-0.4, -0.2) is 18.4 Å². The Labute approximate surface area is 156 Å². The molecule has 2 amide bonds. The molecule has 0 aliphatic carbocycles. The average molecular weight is 362 g/mol. The molecular formula is C21H18N2O2S. The quantitative estimate of drug-likeness (QED) is 0.638. The number of carbonyl (C=O) groups is 2. The molecule has 0 atom stereocenters. The van der Waals surface area contributed by atoms with Crippen molar-refractivity contribution in [3.05, 3.63) is 95.2 Å². The lowest BCUT2D eigenvalue weighted by molar-refractivity contribution is 0.0988. The van der Waals surface area contributed by atoms with E-state index in [1.54, 1.807) is 41.3 Å². The fourth-order valence-corrected chi connectivity index (χ4v) is 3.11. The Bertz CT molecular complexity index is 888. The number of para-hydroxylation sites is 1. The first-order valence-corrected chi connectivity index (χ1v) is 9.00. The van der Waals surface area contributed by atoms with Crippen LogP contribution in [0.3, 0.4) is 0 Å². The Hall–Kier alpha value is -3.18. The maximum Gasteiger partial charge on any atom is 0.265 e. The zero-order valence-electron chi connectivity index (χ0n) is 14.1. The van der Waals surface area contributed by atoms with Crippen LogP contribution in [0.15, 0.2) is 84.8 Å². The topological polar surface area (TPSA) is 49.4 Å². The van der Waals surface area contributed by atoms with Gasteiger partial charge in [-0.3, -0.25) is 9.59 Å². The van der Waals surface area contributed by atoms with Crippen molar-refractivity contribution in [3.8, 4) is 0 Å². The predicted octanol–water partition coefficient (Wildman–Crippen LogP) is 4.83. The van der Waals surface area contributed by atoms with Crippen LogP contribution in [0.1, 0.15) is 20.0 Å². The number of anilines is 2. The van der Waals surface area contributed by atoms with Gasteiger partial charge in [-0.1, -0.05) is 30.3 Å². The summed E-state index contributed by atoms with van der Waals surface area (Å²) in [6.45, 7) is 4.15. The van der Waals surface area contributed by atoms with E-state index in [0.717, 1.165) is 5.69 Å². The molecule has 3 aromatic rings. The lowest BCUT2D eigenvalue weighted by Crippen LogP contribution is -2.30. The van der Waals surface area contributed by atoms with Gasteiger partial charge in [0.1, 0.15) is 0 Å². The summed E-state index contributed by atoms with van der Waals surface area (Å²) in [7, 11) is 0. The molecule has 3 rings (SSSR count). The van der Waals surface area contributed by atoms with Gasteiger partial charge in [-0.25, -0.2) is 0 Å². The van der Waals surface area contributed by atoms with Crippen LogP contribution >= 0.6 is 11.3 Å². The van der Waals surface area contributed by atoms with E-state index in [1.807, 2.05) is 41.8 Å². The predicted molar refractivity (Wildman–Crippen MR) is 107 cm³/mol. The molecule has 0 fully saturated rings. The second kappa shape index (κ2) is 8.27. The Kier molecular flexibility index (Phi) is 5.61. The van der Waals surface area contributed by atoms with Crippen molar-refractivity contribution >= 4 is 34.5 Å². The highest BCUT2D eigenvalue weighted by molar-refractivity contribution is 7.12. The van der Waals surface area contributed by atoms with Crippen molar-refractivity contribution in [3.63, 3.8) is 0 Å². The minimum atomic E-state index is -0.156. The van der Waals surface area contributed by atoms with Crippen LogP contribution < -0.4 is 10.2 Å². The molecular weight excluding hydrogens is 344 g/mol. The number of carbonyl (C=O) groups excluding carboxylic acids is 2. The molecule has 1 N–H and O–H groups in total. The summed E-state index contributed by atoms with van der Waals surface area (Å²) in [5.74, 6) is -0.274. The van der Waals surface area contributed by atoms with Gasteiger partial charge >= 0.3 is 0 Å². The fraction of sp³-hybridized carbons (Fsp3) is 0.0476. The maximum atomic E-state index is 12.8. The minimum absolute atomic E-state index is 0.118. The molecule has 0 radical (unpaired) electrons. The third-order valence-electron chi connectivity index (χ3n) is 3.76. The van der Waals surface area contributed by atoms with E-state index in [1.165, 1.54) is 11.3 Å². The van der Waals surface area contributed by atoms with Crippen molar-refractivity contribution in [1.82, 2.24) is 0 Å². The molecule has 2 aromatic carbocycles. The Morgan fingerprint density at radius 2 is 1.73 bits per heavy atom. The minimum Gasteiger partial charge on any atom is -0.321 e. The fourth-order valence-electron chi connectivity index (χ4n) is 2.50. The first-order chi connectivity index (χ1) is 12.7. The zero-order valence-corrected chi connectivity index (χ0v) is 14.9. The second-order valence-electron chi connectivity index (χ2n) is 5.55. The molecule has 0 aliphatic heterocycles. The highest BCUT2D eigenvalue weighted by Gasteiger charge is 2.16. The van der Waals surface area contributed by atoms with Gasteiger partial charge in [0.25, 0.3) is 11.8 Å². The van der Waals surface area contributed by atoms with Gasteiger partial charge in [-0.15, -0.1) is 17.9 Å². The van der Waals surface area contributed by atoms with E-state index in [2.05, 4.69) is 11.9 Å². The van der Waals surface area contributed by atoms with Crippen molar-refractivity contribution in [1.29, 1.82) is 0 Å². The smallest absolute Gasteiger partial charge is 0.265 e. The summed E-state index contributed by atoms with van der Waals surface area (Å²) in [5, 5.41) is 4.68. The molecule has 4 nitrogen and oxygen atoms in total. The number of thiophene rings is 1. The SMILES string of the molecule is C=CCN(C(=O)c1ccc(NC(=O)c2cccs2)cc1)c1ccccc1. The van der Waals surface area contributed by atoms with E-state index in [9.17, 15) is 9.59 Å². The monoisotopic (exact) mass is 362 g/mol. The molecule has 1 aromatic heterocycles. The normalized spacial score (nSPS) is 10.2. The Morgan fingerprint density at radius 3 is 2.35 bits per heavy atom. The summed E-state index contributed by atoms with van der Waals surface area (Å²) in [4.78, 5) is 27.2. The highest BCUT2D eigenvalue weighted by atomic mass is 32.1. The largest absolute Gasteiger partial charge is 0.321 e. The molecule has 0 bridgehead atoms. The molecule has 0 spiro atoms. The third-order valence-corrected chi connectivity index (χ3v) is 4.63. The first-order valence-electron chi connectivity index (χ1n) is 8.12. The second-order valence-corrected chi connectivity index (χ2v) is 6.50. The lowest BCUT2D eigenvalue weighted by atomic mass is 10.1. The van der Waals surface area contributed by atoms with Crippen molar-refractivity contribution < 1.29 is 9.59 Å². The molecule has 26 heavy (non-hydrogen) atoms. The van der Waals surface area contributed by atoms with Crippen LogP contribution in [0.4, 0.5) is 11.4 Å². The number of rotatable bonds is 6. The van der Waals surface area contributed by atoms with E-state index in [0.29, 0.717) is 22.7 Å². The van der Waals surface area contributed by atoms with Crippen LogP contribution in [0.25, 0.3) is 0 Å². The Balaban J connectivity index is 1.75. The van der Waals surface area contributed by atoms with Gasteiger partial charge in [-0.05, 0) is 47.8 Å². The van der Waals surface area contributed by atoms with Crippen molar-refractivity contribution in [2.24, 2.45) is 0 Å². The van der Waals surface area contributed by atoms with E-state index >= 15 is 0 Å². The van der Waals surface area contributed by atoms with Gasteiger partial charge in [0.2, 0.25) is 0 Å². The van der Waals surface area contributed by atoms with E-state index < -0.39 is 0 Å². The lowest BCUT2D eigenvalue weighted by Gasteiger charge is -2.21. The van der Waals surface area contributed by atoms with Crippen LogP contribution in [0.2, 0.25) is 0 Å². The number of nitrogens with one attached hydrogen (secondary N) is 1. The molecule has 130 valence electrons. The summed E-state index contributed by atoms with van der Waals surface area (Å²) < 4.78 is 0.